The average Bonchev–Trinajstić information content (AvgIpc) is 2.99. The predicted octanol–water partition coefficient (Wildman–Crippen LogP) is 2.94. The van der Waals surface area contributed by atoms with Crippen LogP contribution < -0.4 is 10.6 Å². The zero-order valence-corrected chi connectivity index (χ0v) is 11.9. The van der Waals surface area contributed by atoms with E-state index in [9.17, 15) is 9.59 Å². The van der Waals surface area contributed by atoms with Gasteiger partial charge in [0.15, 0.2) is 0 Å². The van der Waals surface area contributed by atoms with Crippen molar-refractivity contribution < 1.29 is 9.59 Å². The molecule has 2 atom stereocenters. The van der Waals surface area contributed by atoms with E-state index in [0.717, 1.165) is 41.6 Å². The minimum Gasteiger partial charge on any atom is -0.326 e. The molecule has 106 valence electrons. The van der Waals surface area contributed by atoms with Gasteiger partial charge in [0.2, 0.25) is 11.8 Å². The van der Waals surface area contributed by atoms with Crippen LogP contribution in [0.3, 0.4) is 0 Å². The van der Waals surface area contributed by atoms with Crippen molar-refractivity contribution in [1.82, 2.24) is 0 Å². The highest BCUT2D eigenvalue weighted by Crippen LogP contribution is 2.54. The Bertz CT molecular complexity index is 558. The highest BCUT2D eigenvalue weighted by molar-refractivity contribution is 5.94. The number of fused-ring (bicyclic) bond motifs is 1. The summed E-state index contributed by atoms with van der Waals surface area (Å²) in [7, 11) is 0. The van der Waals surface area contributed by atoms with Crippen molar-refractivity contribution in [2.24, 2.45) is 17.8 Å². The molecule has 0 aliphatic heterocycles. The van der Waals surface area contributed by atoms with Crippen molar-refractivity contribution in [2.75, 3.05) is 10.6 Å². The molecule has 2 fully saturated rings. The second kappa shape index (κ2) is 4.93. The van der Waals surface area contributed by atoms with Crippen LogP contribution in [-0.2, 0) is 9.59 Å². The van der Waals surface area contributed by atoms with Crippen LogP contribution >= 0.6 is 0 Å². The summed E-state index contributed by atoms with van der Waals surface area (Å²) in [4.78, 5) is 23.2. The first-order chi connectivity index (χ1) is 9.52. The molecule has 0 spiro atoms. The second-order valence-corrected chi connectivity index (χ2v) is 6.12. The molecule has 0 radical (unpaired) electrons. The van der Waals surface area contributed by atoms with Crippen LogP contribution in [0, 0.1) is 24.7 Å². The van der Waals surface area contributed by atoms with Crippen LogP contribution in [0.1, 0.15) is 31.7 Å². The lowest BCUT2D eigenvalue weighted by Gasteiger charge is -2.14. The van der Waals surface area contributed by atoms with Crippen molar-refractivity contribution in [3.63, 3.8) is 0 Å². The van der Waals surface area contributed by atoms with Crippen molar-refractivity contribution >= 4 is 23.2 Å². The number of anilines is 2. The molecule has 3 rings (SSSR count). The number of hydrogen-bond acceptors (Lipinski definition) is 2. The Morgan fingerprint density at radius 2 is 1.80 bits per heavy atom. The Morgan fingerprint density at radius 3 is 2.40 bits per heavy atom. The van der Waals surface area contributed by atoms with Gasteiger partial charge in [-0.15, -0.1) is 0 Å². The van der Waals surface area contributed by atoms with Crippen LogP contribution in [0.4, 0.5) is 11.4 Å². The highest BCUT2D eigenvalue weighted by Gasteiger charge is 2.47. The van der Waals surface area contributed by atoms with Gasteiger partial charge >= 0.3 is 0 Å². The number of amides is 2. The summed E-state index contributed by atoms with van der Waals surface area (Å²) in [6.45, 7) is 3.41. The van der Waals surface area contributed by atoms with Crippen molar-refractivity contribution in [3.05, 3.63) is 23.8 Å². The van der Waals surface area contributed by atoms with Crippen molar-refractivity contribution in [2.45, 2.75) is 33.1 Å². The number of aryl methyl sites for hydroxylation is 1. The standard InChI is InChI=1S/C16H20N2O2/c1-9-5-14(3-4-15(9)17-10(2)19)18-16(20)13-7-11-6-12(11)8-13/h3-5,11-13H,6-8H2,1-2H3,(H,17,19)(H,18,20). The maximum absolute atomic E-state index is 12.2. The molecule has 2 amide bonds. The van der Waals surface area contributed by atoms with Crippen LogP contribution in [-0.4, -0.2) is 11.8 Å². The topological polar surface area (TPSA) is 58.2 Å². The third-order valence-corrected chi connectivity index (χ3v) is 4.42. The SMILES string of the molecule is CC(=O)Nc1ccc(NC(=O)C2CC3CC3C2)cc1C. The van der Waals surface area contributed by atoms with E-state index >= 15 is 0 Å². The third-order valence-electron chi connectivity index (χ3n) is 4.42. The summed E-state index contributed by atoms with van der Waals surface area (Å²) < 4.78 is 0. The fraction of sp³-hybridized carbons (Fsp3) is 0.500. The van der Waals surface area contributed by atoms with Gasteiger partial charge in [0.1, 0.15) is 0 Å². The molecule has 4 nitrogen and oxygen atoms in total. The van der Waals surface area contributed by atoms with Crippen LogP contribution in [0.15, 0.2) is 18.2 Å². The molecule has 2 aliphatic rings. The van der Waals surface area contributed by atoms with E-state index < -0.39 is 0 Å². The van der Waals surface area contributed by atoms with E-state index in [2.05, 4.69) is 10.6 Å². The average molecular weight is 272 g/mol. The van der Waals surface area contributed by atoms with Gasteiger partial charge in [-0.1, -0.05) is 0 Å². The molecule has 2 aliphatic carbocycles. The Kier molecular flexibility index (Phi) is 3.24. The molecular formula is C16H20N2O2. The van der Waals surface area contributed by atoms with Crippen LogP contribution in [0.2, 0.25) is 0 Å². The maximum Gasteiger partial charge on any atom is 0.227 e. The second-order valence-electron chi connectivity index (χ2n) is 6.12. The normalized spacial score (nSPS) is 26.8. The molecular weight excluding hydrogens is 252 g/mol. The lowest BCUT2D eigenvalue weighted by molar-refractivity contribution is -0.120. The lowest BCUT2D eigenvalue weighted by Crippen LogP contribution is -2.21. The van der Waals surface area contributed by atoms with Crippen LogP contribution in [0.25, 0.3) is 0 Å². The monoisotopic (exact) mass is 272 g/mol. The molecule has 1 aromatic carbocycles. The number of carbonyl (C=O) groups excluding carboxylic acids is 2. The van der Waals surface area contributed by atoms with Gasteiger partial charge in [-0.05, 0) is 61.8 Å². The molecule has 20 heavy (non-hydrogen) atoms. The quantitative estimate of drug-likeness (QED) is 0.888. The van der Waals surface area contributed by atoms with Gasteiger partial charge in [-0.2, -0.15) is 0 Å². The first-order valence-electron chi connectivity index (χ1n) is 7.22. The maximum atomic E-state index is 12.2. The number of nitrogens with one attached hydrogen (secondary N) is 2. The summed E-state index contributed by atoms with van der Waals surface area (Å²) in [5.41, 5.74) is 2.55. The molecule has 4 heteroatoms. The van der Waals surface area contributed by atoms with Gasteiger partial charge < -0.3 is 10.6 Å². The first kappa shape index (κ1) is 13.2. The molecule has 0 heterocycles. The van der Waals surface area contributed by atoms with E-state index in [1.54, 1.807) is 0 Å². The van der Waals surface area contributed by atoms with E-state index in [4.69, 9.17) is 0 Å². The molecule has 1 aromatic rings. The Hall–Kier alpha value is -1.84. The summed E-state index contributed by atoms with van der Waals surface area (Å²) >= 11 is 0. The van der Waals surface area contributed by atoms with E-state index in [1.165, 1.54) is 13.3 Å². The van der Waals surface area contributed by atoms with Gasteiger partial charge in [-0.25, -0.2) is 0 Å². The molecule has 2 unspecified atom stereocenters. The Balaban J connectivity index is 1.63. The number of hydrogen-bond donors (Lipinski definition) is 2. The van der Waals surface area contributed by atoms with E-state index in [0.29, 0.717) is 0 Å². The number of rotatable bonds is 3. The zero-order chi connectivity index (χ0) is 14.3. The fourth-order valence-corrected chi connectivity index (χ4v) is 3.24. The van der Waals surface area contributed by atoms with Crippen molar-refractivity contribution in [3.8, 4) is 0 Å². The molecule has 2 N–H and O–H groups in total. The predicted molar refractivity (Wildman–Crippen MR) is 78.4 cm³/mol. The number of benzene rings is 1. The lowest BCUT2D eigenvalue weighted by atomic mass is 10.0. The van der Waals surface area contributed by atoms with Gasteiger partial charge in [-0.3, -0.25) is 9.59 Å². The van der Waals surface area contributed by atoms with E-state index in [1.807, 2.05) is 25.1 Å². The highest BCUT2D eigenvalue weighted by atomic mass is 16.2. The minimum atomic E-state index is -0.0879. The van der Waals surface area contributed by atoms with Crippen molar-refractivity contribution in [1.29, 1.82) is 0 Å². The first-order valence-corrected chi connectivity index (χ1v) is 7.22. The largest absolute Gasteiger partial charge is 0.326 e. The Morgan fingerprint density at radius 1 is 1.10 bits per heavy atom. The molecule has 0 saturated heterocycles. The molecule has 0 aromatic heterocycles. The van der Waals surface area contributed by atoms with Crippen LogP contribution in [0.5, 0.6) is 0 Å². The summed E-state index contributed by atoms with van der Waals surface area (Å²) in [5, 5.41) is 5.76. The van der Waals surface area contributed by atoms with E-state index in [-0.39, 0.29) is 17.7 Å². The summed E-state index contributed by atoms with van der Waals surface area (Å²) in [6.07, 6.45) is 3.44. The fourth-order valence-electron chi connectivity index (χ4n) is 3.24. The number of carbonyl (C=O) groups is 2. The third kappa shape index (κ3) is 2.69. The summed E-state index contributed by atoms with van der Waals surface area (Å²) in [6, 6.07) is 5.57. The summed E-state index contributed by atoms with van der Waals surface area (Å²) in [5.74, 6) is 1.87. The van der Waals surface area contributed by atoms with Gasteiger partial charge in [0, 0.05) is 24.2 Å². The zero-order valence-electron chi connectivity index (χ0n) is 11.9. The Labute approximate surface area is 118 Å². The van der Waals surface area contributed by atoms with Gasteiger partial charge in [0.05, 0.1) is 0 Å². The van der Waals surface area contributed by atoms with Gasteiger partial charge in [0.25, 0.3) is 0 Å². The minimum absolute atomic E-state index is 0.0879. The smallest absolute Gasteiger partial charge is 0.227 e. The molecule has 2 saturated carbocycles. The molecule has 0 bridgehead atoms.